The molecule has 5 N–H and O–H groups in total. The van der Waals surface area contributed by atoms with Crippen LogP contribution in [-0.2, 0) is 28.5 Å². The third-order valence-corrected chi connectivity index (χ3v) is 8.01. The number of phenolic OH excluding ortho intramolecular Hbond substituents is 1. The molecule has 0 radical (unpaired) electrons. The maximum atomic E-state index is 11.4. The van der Waals surface area contributed by atoms with E-state index >= 15 is 0 Å². The lowest BCUT2D eigenvalue weighted by Crippen LogP contribution is -2.44. The molecular weight excluding hydrogens is 538 g/mol. The van der Waals surface area contributed by atoms with E-state index < -0.39 is 48.1 Å². The molecule has 7 unspecified atom stereocenters. The number of aliphatic carboxylic acids is 1. The molecule has 13 nitrogen and oxygen atoms in total. The van der Waals surface area contributed by atoms with E-state index in [-0.39, 0.29) is 45.4 Å². The van der Waals surface area contributed by atoms with Crippen molar-refractivity contribution >= 4 is 22.8 Å². The number of nitrogens with zero attached hydrogens (tertiary/aromatic N) is 1. The highest BCUT2D eigenvalue weighted by Gasteiger charge is 2.51. The molecule has 4 rings (SSSR count). The van der Waals surface area contributed by atoms with Gasteiger partial charge in [-0.1, -0.05) is 0 Å². The Labute approximate surface area is 229 Å². The van der Waals surface area contributed by atoms with Crippen molar-refractivity contribution in [1.29, 1.82) is 0 Å². The fourth-order valence-corrected chi connectivity index (χ4v) is 5.61. The Hall–Kier alpha value is -2.01. The Balaban J connectivity index is 1.07. The first-order valence-corrected chi connectivity index (χ1v) is 13.7. The number of benzene rings is 1. The van der Waals surface area contributed by atoms with Crippen LogP contribution in [0.3, 0.4) is 0 Å². The molecule has 0 amide bonds. The topological polar surface area (TPSA) is 186 Å². The number of aliphatic hydroxyl groups is 3. The summed E-state index contributed by atoms with van der Waals surface area (Å²) >= 11 is 1.28. The molecule has 218 valence electrons. The lowest BCUT2D eigenvalue weighted by Gasteiger charge is -2.29. The summed E-state index contributed by atoms with van der Waals surface area (Å²) in [6.07, 6.45) is -4.69. The molecule has 3 heterocycles. The van der Waals surface area contributed by atoms with Crippen LogP contribution < -0.4 is 4.74 Å². The summed E-state index contributed by atoms with van der Waals surface area (Å²) in [6, 6.07) is 4.77. The number of phenols is 1. The van der Waals surface area contributed by atoms with Crippen molar-refractivity contribution in [2.24, 2.45) is 10.9 Å². The van der Waals surface area contributed by atoms with E-state index in [4.69, 9.17) is 28.4 Å². The minimum absolute atomic E-state index is 0.0465. The maximum absolute atomic E-state index is 11.4. The van der Waals surface area contributed by atoms with E-state index in [2.05, 4.69) is 4.99 Å². The molecule has 2 bridgehead atoms. The van der Waals surface area contributed by atoms with Crippen molar-refractivity contribution in [2.45, 2.75) is 43.2 Å². The minimum atomic E-state index is -1.20. The van der Waals surface area contributed by atoms with E-state index in [9.17, 15) is 30.3 Å². The van der Waals surface area contributed by atoms with Crippen molar-refractivity contribution in [2.75, 3.05) is 58.6 Å². The molecule has 3 aliphatic rings. The molecule has 0 saturated carbocycles. The van der Waals surface area contributed by atoms with Gasteiger partial charge in [0.05, 0.1) is 58.5 Å². The fraction of sp³-hybridized carbons (Fsp3) is 0.680. The Bertz CT molecular complexity index is 1010. The predicted molar refractivity (Wildman–Crippen MR) is 137 cm³/mol. The maximum Gasteiger partial charge on any atom is 0.332 e. The molecule has 39 heavy (non-hydrogen) atoms. The largest absolute Gasteiger partial charge is 0.507 e. The van der Waals surface area contributed by atoms with Crippen LogP contribution >= 0.6 is 11.8 Å². The molecule has 2 fully saturated rings. The lowest BCUT2D eigenvalue weighted by atomic mass is 9.95. The standard InChI is InChI=1S/C25H35NO12S/c1-25(24(31)32)13-39-22(26-25)15-3-2-14(10-17(15)28)35-8-6-33-4-5-34-7-9-36-23-20(30)21-19(29)16(12-37-21)18(11-27)38-23/h2-3,10,16,18-21,23,27-30H,4-9,11-13H2,1H3,(H,31,32). The second-order valence-electron chi connectivity index (χ2n) is 9.58. The highest BCUT2D eigenvalue weighted by atomic mass is 32.2. The molecule has 2 saturated heterocycles. The smallest absolute Gasteiger partial charge is 0.332 e. The van der Waals surface area contributed by atoms with Gasteiger partial charge in [0, 0.05) is 23.3 Å². The summed E-state index contributed by atoms with van der Waals surface area (Å²) in [6.45, 7) is 2.91. The number of thioether (sulfide) groups is 1. The third kappa shape index (κ3) is 7.20. The van der Waals surface area contributed by atoms with Crippen LogP contribution in [0.2, 0.25) is 0 Å². The third-order valence-electron chi connectivity index (χ3n) is 6.72. The Morgan fingerprint density at radius 1 is 1.13 bits per heavy atom. The molecule has 0 spiro atoms. The number of hydrogen-bond donors (Lipinski definition) is 5. The van der Waals surface area contributed by atoms with Crippen molar-refractivity contribution in [1.82, 2.24) is 0 Å². The molecular formula is C25H35NO12S. The molecule has 1 aromatic rings. The van der Waals surface area contributed by atoms with E-state index in [0.717, 1.165) is 0 Å². The summed E-state index contributed by atoms with van der Waals surface area (Å²) in [7, 11) is 0. The summed E-state index contributed by atoms with van der Waals surface area (Å²) < 4.78 is 33.2. The van der Waals surface area contributed by atoms with Crippen molar-refractivity contribution in [3.8, 4) is 11.5 Å². The minimum Gasteiger partial charge on any atom is -0.507 e. The van der Waals surface area contributed by atoms with Crippen LogP contribution in [0.1, 0.15) is 12.5 Å². The van der Waals surface area contributed by atoms with Crippen molar-refractivity contribution in [3.63, 3.8) is 0 Å². The zero-order valence-electron chi connectivity index (χ0n) is 21.5. The van der Waals surface area contributed by atoms with E-state index in [1.807, 2.05) is 0 Å². The van der Waals surface area contributed by atoms with Crippen molar-refractivity contribution in [3.05, 3.63) is 23.8 Å². The second kappa shape index (κ2) is 13.6. The van der Waals surface area contributed by atoms with Gasteiger partial charge in [0.25, 0.3) is 0 Å². The summed E-state index contributed by atoms with van der Waals surface area (Å²) in [5.74, 6) is -0.736. The number of carbonyl (C=O) groups is 1. The summed E-state index contributed by atoms with van der Waals surface area (Å²) in [5, 5.41) is 50.3. The number of fused-ring (bicyclic) bond motifs is 2. The first-order chi connectivity index (χ1) is 18.7. The first kappa shape index (κ1) is 30.0. The molecule has 0 aliphatic carbocycles. The average molecular weight is 574 g/mol. The van der Waals surface area contributed by atoms with Crippen LogP contribution in [0.4, 0.5) is 0 Å². The van der Waals surface area contributed by atoms with Gasteiger partial charge >= 0.3 is 5.97 Å². The Morgan fingerprint density at radius 2 is 1.85 bits per heavy atom. The number of aromatic hydroxyl groups is 1. The summed E-state index contributed by atoms with van der Waals surface area (Å²) in [4.78, 5) is 15.6. The van der Waals surface area contributed by atoms with Gasteiger partial charge in [-0.2, -0.15) is 0 Å². The number of ether oxygens (including phenoxy) is 6. The number of rotatable bonds is 14. The predicted octanol–water partition coefficient (Wildman–Crippen LogP) is -0.388. The number of hydrogen-bond acceptors (Lipinski definition) is 13. The zero-order chi connectivity index (χ0) is 28.0. The van der Waals surface area contributed by atoms with Crippen molar-refractivity contribution < 1.29 is 58.7 Å². The SMILES string of the molecule is CC1(C(=O)O)CSC(c2ccc(OCCOCCOCCOC3OC(CO)C4COC(C3O)C4O)cc2O)=N1. The van der Waals surface area contributed by atoms with Gasteiger partial charge in [-0.3, -0.25) is 4.99 Å². The zero-order valence-corrected chi connectivity index (χ0v) is 22.3. The summed E-state index contributed by atoms with van der Waals surface area (Å²) in [5.41, 5.74) is -0.744. The molecule has 7 atom stereocenters. The van der Waals surface area contributed by atoms with Gasteiger partial charge in [-0.05, 0) is 19.1 Å². The van der Waals surface area contributed by atoms with Crippen LogP contribution in [0, 0.1) is 5.92 Å². The van der Waals surface area contributed by atoms with Gasteiger partial charge in [0.1, 0.15) is 35.4 Å². The second-order valence-corrected chi connectivity index (χ2v) is 10.5. The molecule has 1 aromatic carbocycles. The van der Waals surface area contributed by atoms with Crippen LogP contribution in [0.15, 0.2) is 23.2 Å². The lowest BCUT2D eigenvalue weighted by molar-refractivity contribution is -0.248. The van der Waals surface area contributed by atoms with Gasteiger partial charge in [-0.25, -0.2) is 4.79 Å². The normalized spacial score (nSPS) is 32.2. The van der Waals surface area contributed by atoms with Crippen LogP contribution in [0.5, 0.6) is 11.5 Å². The van der Waals surface area contributed by atoms with Gasteiger partial charge in [0.2, 0.25) is 0 Å². The Kier molecular flexibility index (Phi) is 10.4. The number of carboxylic acids is 1. The van der Waals surface area contributed by atoms with Crippen LogP contribution in [0.25, 0.3) is 0 Å². The van der Waals surface area contributed by atoms with Gasteiger partial charge < -0.3 is 54.0 Å². The van der Waals surface area contributed by atoms with E-state index in [1.54, 1.807) is 19.1 Å². The fourth-order valence-electron chi connectivity index (χ4n) is 4.41. The van der Waals surface area contributed by atoms with Crippen LogP contribution in [-0.4, -0.2) is 131 Å². The van der Waals surface area contributed by atoms with Gasteiger partial charge in [-0.15, -0.1) is 11.8 Å². The quantitative estimate of drug-likeness (QED) is 0.181. The monoisotopic (exact) mass is 573 g/mol. The van der Waals surface area contributed by atoms with E-state index in [1.165, 1.54) is 17.8 Å². The highest BCUT2D eigenvalue weighted by Crippen LogP contribution is 2.36. The molecule has 3 aliphatic heterocycles. The average Bonchev–Trinajstić information content (AvgIpc) is 3.47. The molecule has 14 heteroatoms. The highest BCUT2D eigenvalue weighted by molar-refractivity contribution is 8.14. The Morgan fingerprint density at radius 3 is 2.51 bits per heavy atom. The first-order valence-electron chi connectivity index (χ1n) is 12.7. The number of carboxylic acid groups (broad SMARTS) is 1. The number of aliphatic hydroxyl groups excluding tert-OH is 3. The number of aliphatic imine (C=N–C) groups is 1. The van der Waals surface area contributed by atoms with Gasteiger partial charge in [0.15, 0.2) is 11.8 Å². The van der Waals surface area contributed by atoms with E-state index in [0.29, 0.717) is 35.3 Å². The molecule has 0 aromatic heterocycles.